The molecular weight excluding hydrogens is 371 g/mol. The van der Waals surface area contributed by atoms with E-state index in [1.165, 1.54) is 0 Å². The summed E-state index contributed by atoms with van der Waals surface area (Å²) in [6.45, 7) is 0.692. The number of hydrogen-bond acceptors (Lipinski definition) is 3. The van der Waals surface area contributed by atoms with Gasteiger partial charge in [-0.15, -0.1) is 0 Å². The summed E-state index contributed by atoms with van der Waals surface area (Å²) < 4.78 is 31.2. The minimum atomic E-state index is -4.64. The first-order valence-corrected chi connectivity index (χ1v) is 8.42. The summed E-state index contributed by atoms with van der Waals surface area (Å²) in [4.78, 5) is 28.4. The molecule has 0 saturated carbocycles. The van der Waals surface area contributed by atoms with Crippen LogP contribution in [-0.4, -0.2) is 34.9 Å². The number of nitrogens with zero attached hydrogens (tertiary/aromatic N) is 1. The summed E-state index contributed by atoms with van der Waals surface area (Å²) in [5.41, 5.74) is 5.77. The average molecular weight is 387 g/mol. The minimum Gasteiger partial charge on any atom is -0.358 e. The molecule has 3 aromatic rings. The van der Waals surface area contributed by atoms with Gasteiger partial charge in [0.15, 0.2) is 0 Å². The Morgan fingerprint density at radius 1 is 1.04 bits per heavy atom. The number of pyridine rings is 1. The van der Waals surface area contributed by atoms with Gasteiger partial charge in [0.25, 0.3) is 5.91 Å². The van der Waals surface area contributed by atoms with E-state index in [0.717, 1.165) is 40.2 Å². The van der Waals surface area contributed by atoms with Crippen LogP contribution < -0.4 is 5.32 Å². The fourth-order valence-electron chi connectivity index (χ4n) is 2.81. The Morgan fingerprint density at radius 2 is 1.75 bits per heavy atom. The number of aldehydes is 1. The average Bonchev–Trinajstić information content (AvgIpc) is 3.15. The topological polar surface area (TPSA) is 74.8 Å². The van der Waals surface area contributed by atoms with Gasteiger partial charge in [-0.25, -0.2) is 0 Å². The highest BCUT2D eigenvalue weighted by molar-refractivity contribution is 5.97. The summed E-state index contributed by atoms with van der Waals surface area (Å²) in [6.07, 6.45) is -3.05. The lowest BCUT2D eigenvalue weighted by atomic mass is 10.1. The molecule has 8 heteroatoms. The van der Waals surface area contributed by atoms with Gasteiger partial charge in [-0.2, -0.15) is 13.2 Å². The van der Waals surface area contributed by atoms with Crippen molar-refractivity contribution < 1.29 is 22.8 Å². The first-order valence-electron chi connectivity index (χ1n) is 8.42. The molecule has 0 radical (unpaired) electrons. The molecule has 144 valence electrons. The largest absolute Gasteiger partial charge is 0.446 e. The lowest BCUT2D eigenvalue weighted by Crippen LogP contribution is -2.31. The molecule has 5 nitrogen and oxygen atoms in total. The Bertz CT molecular complexity index is 982. The monoisotopic (exact) mass is 387 g/mol. The predicted octanol–water partition coefficient (Wildman–Crippen LogP) is 3.78. The molecule has 1 amide bonds. The highest BCUT2D eigenvalue weighted by Gasteiger charge is 2.25. The van der Waals surface area contributed by atoms with Gasteiger partial charge in [0.1, 0.15) is 0 Å². The van der Waals surface area contributed by atoms with Crippen molar-refractivity contribution in [3.8, 4) is 22.5 Å². The van der Waals surface area contributed by atoms with Crippen LogP contribution in [0, 0.1) is 0 Å². The van der Waals surface area contributed by atoms with Crippen molar-refractivity contribution in [3.63, 3.8) is 0 Å². The zero-order valence-electron chi connectivity index (χ0n) is 14.6. The second kappa shape index (κ2) is 8.08. The maximum atomic E-state index is 11.9. The zero-order valence-corrected chi connectivity index (χ0v) is 14.6. The van der Waals surface area contributed by atoms with Crippen molar-refractivity contribution >= 4 is 12.2 Å². The molecule has 0 aliphatic carbocycles. The number of carbonyl (C=O) groups is 2. The summed E-state index contributed by atoms with van der Waals surface area (Å²) >= 11 is 0. The number of rotatable bonds is 2. The van der Waals surface area contributed by atoms with Crippen LogP contribution in [0.2, 0.25) is 0 Å². The quantitative estimate of drug-likeness (QED) is 0.657. The van der Waals surface area contributed by atoms with Crippen LogP contribution in [0.1, 0.15) is 16.1 Å². The molecule has 0 bridgehead atoms. The first-order chi connectivity index (χ1) is 13.4. The Hall–Kier alpha value is -3.42. The standard InChI is InChI=1S/C18H15N3O.C2HF3O/c22-18-14-11-17(21-15(14)7-9-20-18)13-6-8-19-16(10-13)12-4-2-1-3-5-12;3-2(4,5)1-6/h1-6,8,10-11,21H,7,9H2,(H,20,22);1H. The number of H-pyrrole nitrogens is 1. The van der Waals surface area contributed by atoms with E-state index in [1.807, 2.05) is 48.5 Å². The van der Waals surface area contributed by atoms with Gasteiger partial charge in [-0.1, -0.05) is 30.3 Å². The third-order valence-corrected chi connectivity index (χ3v) is 4.08. The number of carbonyl (C=O) groups excluding carboxylic acids is 2. The smallest absolute Gasteiger partial charge is 0.358 e. The number of alkyl halides is 3. The third kappa shape index (κ3) is 4.64. The van der Waals surface area contributed by atoms with Gasteiger partial charge in [0, 0.05) is 41.7 Å². The molecule has 0 spiro atoms. The number of amides is 1. The van der Waals surface area contributed by atoms with Crippen molar-refractivity contribution in [2.24, 2.45) is 0 Å². The van der Waals surface area contributed by atoms with Gasteiger partial charge >= 0.3 is 6.18 Å². The molecule has 0 saturated heterocycles. The number of benzene rings is 1. The predicted molar refractivity (Wildman–Crippen MR) is 97.6 cm³/mol. The highest BCUT2D eigenvalue weighted by Crippen LogP contribution is 2.26. The molecule has 1 aliphatic rings. The van der Waals surface area contributed by atoms with E-state index in [1.54, 1.807) is 6.20 Å². The summed E-state index contributed by atoms with van der Waals surface area (Å²) in [7, 11) is 0. The summed E-state index contributed by atoms with van der Waals surface area (Å²) in [6, 6.07) is 16.0. The number of halogens is 3. The van der Waals surface area contributed by atoms with Crippen LogP contribution in [0.5, 0.6) is 0 Å². The Labute approximate surface area is 158 Å². The number of aromatic nitrogens is 2. The maximum absolute atomic E-state index is 11.9. The molecule has 0 fully saturated rings. The zero-order chi connectivity index (χ0) is 20.1. The van der Waals surface area contributed by atoms with E-state index in [-0.39, 0.29) is 5.91 Å². The van der Waals surface area contributed by atoms with Gasteiger partial charge in [0.05, 0.1) is 11.3 Å². The van der Waals surface area contributed by atoms with Crippen molar-refractivity contribution in [2.45, 2.75) is 12.6 Å². The SMILES string of the molecule is O=C1NCCc2[nH]c(-c3ccnc(-c4ccccc4)c3)cc21.O=CC(F)(F)F. The molecule has 1 aliphatic heterocycles. The maximum Gasteiger partial charge on any atom is 0.446 e. The van der Waals surface area contributed by atoms with Crippen LogP contribution in [0.3, 0.4) is 0 Å². The molecular formula is C20H16F3N3O2. The molecule has 28 heavy (non-hydrogen) atoms. The van der Waals surface area contributed by atoms with E-state index in [0.29, 0.717) is 6.54 Å². The van der Waals surface area contributed by atoms with Gasteiger partial charge in [0.2, 0.25) is 6.29 Å². The molecule has 4 rings (SSSR count). The Morgan fingerprint density at radius 3 is 2.39 bits per heavy atom. The molecule has 2 N–H and O–H groups in total. The second-order valence-corrected chi connectivity index (χ2v) is 6.04. The third-order valence-electron chi connectivity index (χ3n) is 4.08. The molecule has 0 unspecified atom stereocenters. The molecule has 1 aromatic carbocycles. The van der Waals surface area contributed by atoms with Crippen molar-refractivity contribution in [3.05, 3.63) is 66.0 Å². The van der Waals surface area contributed by atoms with E-state index < -0.39 is 12.5 Å². The second-order valence-electron chi connectivity index (χ2n) is 6.04. The van der Waals surface area contributed by atoms with Crippen molar-refractivity contribution in [2.75, 3.05) is 6.54 Å². The minimum absolute atomic E-state index is 0.00101. The number of aromatic amines is 1. The van der Waals surface area contributed by atoms with Gasteiger partial charge < -0.3 is 10.3 Å². The van der Waals surface area contributed by atoms with E-state index in [2.05, 4.69) is 15.3 Å². The van der Waals surface area contributed by atoms with Gasteiger partial charge in [-0.3, -0.25) is 14.6 Å². The van der Waals surface area contributed by atoms with Crippen LogP contribution in [0.4, 0.5) is 13.2 Å². The summed E-state index contributed by atoms with van der Waals surface area (Å²) in [5, 5.41) is 2.87. The fourth-order valence-corrected chi connectivity index (χ4v) is 2.81. The van der Waals surface area contributed by atoms with E-state index >= 15 is 0 Å². The normalized spacial score (nSPS) is 13.0. The Kier molecular flexibility index (Phi) is 5.58. The van der Waals surface area contributed by atoms with Crippen LogP contribution in [-0.2, 0) is 11.2 Å². The molecule has 0 atom stereocenters. The fraction of sp³-hybridized carbons (Fsp3) is 0.150. The van der Waals surface area contributed by atoms with E-state index in [9.17, 15) is 18.0 Å². The molecule has 2 aromatic heterocycles. The Balaban J connectivity index is 0.000000330. The first kappa shape index (κ1) is 19.3. The number of fused-ring (bicyclic) bond motifs is 1. The van der Waals surface area contributed by atoms with Crippen LogP contribution in [0.25, 0.3) is 22.5 Å². The van der Waals surface area contributed by atoms with Crippen molar-refractivity contribution in [1.29, 1.82) is 0 Å². The number of nitrogens with one attached hydrogen (secondary N) is 2. The lowest BCUT2D eigenvalue weighted by molar-refractivity contribution is -0.156. The van der Waals surface area contributed by atoms with Crippen LogP contribution in [0.15, 0.2) is 54.7 Å². The van der Waals surface area contributed by atoms with Crippen molar-refractivity contribution in [1.82, 2.24) is 15.3 Å². The number of hydrogen-bond donors (Lipinski definition) is 2. The van der Waals surface area contributed by atoms with Gasteiger partial charge in [-0.05, 0) is 18.2 Å². The highest BCUT2D eigenvalue weighted by atomic mass is 19.4. The van der Waals surface area contributed by atoms with E-state index in [4.69, 9.17) is 4.79 Å². The molecule has 3 heterocycles. The van der Waals surface area contributed by atoms with Crippen LogP contribution >= 0.6 is 0 Å². The lowest BCUT2D eigenvalue weighted by Gasteiger charge is -2.10. The summed E-state index contributed by atoms with van der Waals surface area (Å²) in [5.74, 6) is 0.00101.